The molecule has 4 nitrogen and oxygen atoms in total. The van der Waals surface area contributed by atoms with Crippen LogP contribution < -0.4 is 0 Å². The first-order chi connectivity index (χ1) is 6.92. The summed E-state index contributed by atoms with van der Waals surface area (Å²) in [7, 11) is -3.49. The Morgan fingerprint density at radius 1 is 1.40 bits per heavy atom. The molecule has 15 heavy (non-hydrogen) atoms. The summed E-state index contributed by atoms with van der Waals surface area (Å²) in [6.45, 7) is 3.28. The van der Waals surface area contributed by atoms with E-state index in [1.165, 1.54) is 6.07 Å². The Morgan fingerprint density at radius 2 is 2.07 bits per heavy atom. The van der Waals surface area contributed by atoms with Crippen molar-refractivity contribution in [2.75, 3.05) is 0 Å². The SMILES string of the molecule is CC1=NS(=O)(=O)c2ccc(C(C)O)cc21. The Bertz CT molecular complexity index is 544. The molecule has 1 aromatic carbocycles. The smallest absolute Gasteiger partial charge is 0.283 e. The van der Waals surface area contributed by atoms with Gasteiger partial charge in [-0.05, 0) is 31.5 Å². The Labute approximate surface area is 88.3 Å². The predicted octanol–water partition coefficient (Wildman–Crippen LogP) is 1.25. The van der Waals surface area contributed by atoms with Gasteiger partial charge in [-0.2, -0.15) is 12.8 Å². The average Bonchev–Trinajstić information content (AvgIpc) is 2.37. The highest BCUT2D eigenvalue weighted by molar-refractivity contribution is 7.90. The van der Waals surface area contributed by atoms with Gasteiger partial charge < -0.3 is 5.11 Å². The van der Waals surface area contributed by atoms with Crippen LogP contribution in [-0.2, 0) is 10.0 Å². The molecule has 1 unspecified atom stereocenters. The predicted molar refractivity (Wildman–Crippen MR) is 56.5 cm³/mol. The number of sulfonamides is 1. The highest BCUT2D eigenvalue weighted by Crippen LogP contribution is 2.28. The molecule has 0 saturated heterocycles. The topological polar surface area (TPSA) is 66.7 Å². The summed E-state index contributed by atoms with van der Waals surface area (Å²) < 4.78 is 26.6. The van der Waals surface area contributed by atoms with Gasteiger partial charge >= 0.3 is 0 Å². The summed E-state index contributed by atoms with van der Waals surface area (Å²) in [5.74, 6) is 0. The lowest BCUT2D eigenvalue weighted by atomic mass is 10.0. The molecule has 80 valence electrons. The van der Waals surface area contributed by atoms with E-state index in [1.54, 1.807) is 26.0 Å². The maximum Gasteiger partial charge on any atom is 0.283 e. The molecule has 0 spiro atoms. The van der Waals surface area contributed by atoms with Gasteiger partial charge in [-0.25, -0.2) is 0 Å². The molecular weight excluding hydrogens is 214 g/mol. The minimum atomic E-state index is -3.49. The van der Waals surface area contributed by atoms with E-state index in [9.17, 15) is 13.5 Å². The summed E-state index contributed by atoms with van der Waals surface area (Å²) >= 11 is 0. The Morgan fingerprint density at radius 3 is 2.67 bits per heavy atom. The van der Waals surface area contributed by atoms with E-state index in [0.29, 0.717) is 16.8 Å². The van der Waals surface area contributed by atoms with Crippen molar-refractivity contribution >= 4 is 15.7 Å². The minimum absolute atomic E-state index is 0.226. The molecule has 1 atom stereocenters. The molecule has 0 aliphatic carbocycles. The lowest BCUT2D eigenvalue weighted by Gasteiger charge is -2.06. The van der Waals surface area contributed by atoms with Gasteiger partial charge in [0.05, 0.1) is 16.7 Å². The van der Waals surface area contributed by atoms with Crippen LogP contribution >= 0.6 is 0 Å². The van der Waals surface area contributed by atoms with Crippen LogP contribution in [0.3, 0.4) is 0 Å². The zero-order valence-corrected chi connectivity index (χ0v) is 9.25. The largest absolute Gasteiger partial charge is 0.389 e. The van der Waals surface area contributed by atoms with E-state index in [2.05, 4.69) is 4.40 Å². The van der Waals surface area contributed by atoms with Gasteiger partial charge in [-0.3, -0.25) is 0 Å². The fourth-order valence-corrected chi connectivity index (χ4v) is 2.88. The van der Waals surface area contributed by atoms with Gasteiger partial charge in [-0.15, -0.1) is 0 Å². The van der Waals surface area contributed by atoms with Crippen molar-refractivity contribution in [1.29, 1.82) is 0 Å². The second-order valence-electron chi connectivity index (χ2n) is 3.58. The molecule has 1 aromatic rings. The van der Waals surface area contributed by atoms with Crippen LogP contribution in [0.5, 0.6) is 0 Å². The maximum absolute atomic E-state index is 11.5. The number of aliphatic hydroxyl groups is 1. The molecule has 1 aliphatic rings. The van der Waals surface area contributed by atoms with Crippen LogP contribution in [0.4, 0.5) is 0 Å². The zero-order valence-electron chi connectivity index (χ0n) is 8.43. The van der Waals surface area contributed by atoms with Gasteiger partial charge in [0.2, 0.25) is 0 Å². The summed E-state index contributed by atoms with van der Waals surface area (Å²) in [6.07, 6.45) is -0.605. The van der Waals surface area contributed by atoms with Crippen molar-refractivity contribution in [2.45, 2.75) is 24.8 Å². The third-order valence-corrected chi connectivity index (χ3v) is 3.84. The molecule has 2 rings (SSSR count). The zero-order chi connectivity index (χ0) is 11.2. The Kier molecular flexibility index (Phi) is 2.17. The quantitative estimate of drug-likeness (QED) is 0.782. The van der Waals surface area contributed by atoms with Crippen LogP contribution in [0.25, 0.3) is 0 Å². The number of rotatable bonds is 1. The molecular formula is C10H11NO3S. The van der Waals surface area contributed by atoms with Crippen LogP contribution in [0.1, 0.15) is 31.1 Å². The molecule has 0 aromatic heterocycles. The number of hydrogen-bond donors (Lipinski definition) is 1. The first-order valence-corrected chi connectivity index (χ1v) is 6.00. The first kappa shape index (κ1) is 10.3. The summed E-state index contributed by atoms with van der Waals surface area (Å²) in [5.41, 5.74) is 1.77. The van der Waals surface area contributed by atoms with E-state index >= 15 is 0 Å². The molecule has 1 N–H and O–H groups in total. The third-order valence-electron chi connectivity index (χ3n) is 2.41. The van der Waals surface area contributed by atoms with Crippen molar-refractivity contribution in [1.82, 2.24) is 0 Å². The monoisotopic (exact) mass is 225 g/mol. The van der Waals surface area contributed by atoms with Gasteiger partial charge in [0, 0.05) is 5.56 Å². The van der Waals surface area contributed by atoms with Crippen LogP contribution in [-0.4, -0.2) is 19.2 Å². The second-order valence-corrected chi connectivity index (χ2v) is 5.16. The summed E-state index contributed by atoms with van der Waals surface area (Å²) in [6, 6.07) is 4.77. The molecule has 1 aliphatic heterocycles. The van der Waals surface area contributed by atoms with E-state index in [4.69, 9.17) is 0 Å². The lowest BCUT2D eigenvalue weighted by molar-refractivity contribution is 0.199. The van der Waals surface area contributed by atoms with Crippen molar-refractivity contribution < 1.29 is 13.5 Å². The second kappa shape index (κ2) is 3.15. The Hall–Kier alpha value is -1.20. The third kappa shape index (κ3) is 1.57. The molecule has 0 radical (unpaired) electrons. The first-order valence-electron chi connectivity index (χ1n) is 4.56. The van der Waals surface area contributed by atoms with Gasteiger partial charge in [0.1, 0.15) is 0 Å². The summed E-state index contributed by atoms with van der Waals surface area (Å²) in [4.78, 5) is 0.226. The number of fused-ring (bicyclic) bond motifs is 1. The minimum Gasteiger partial charge on any atom is -0.389 e. The fourth-order valence-electron chi connectivity index (χ4n) is 1.59. The highest BCUT2D eigenvalue weighted by atomic mass is 32.2. The van der Waals surface area contributed by atoms with Crippen molar-refractivity contribution in [3.05, 3.63) is 29.3 Å². The van der Waals surface area contributed by atoms with E-state index in [-0.39, 0.29) is 4.90 Å². The van der Waals surface area contributed by atoms with Gasteiger partial charge in [-0.1, -0.05) is 6.07 Å². The number of nitrogens with zero attached hydrogens (tertiary/aromatic N) is 1. The molecule has 0 saturated carbocycles. The van der Waals surface area contributed by atoms with Gasteiger partial charge in [0.15, 0.2) is 0 Å². The molecule has 5 heteroatoms. The van der Waals surface area contributed by atoms with E-state index < -0.39 is 16.1 Å². The van der Waals surface area contributed by atoms with E-state index in [1.807, 2.05) is 0 Å². The Balaban J connectivity index is 2.67. The van der Waals surface area contributed by atoms with Crippen molar-refractivity contribution in [3.8, 4) is 0 Å². The number of aliphatic hydroxyl groups excluding tert-OH is 1. The van der Waals surface area contributed by atoms with Crippen LogP contribution in [0.2, 0.25) is 0 Å². The number of benzene rings is 1. The summed E-state index contributed by atoms with van der Waals surface area (Å²) in [5, 5.41) is 9.38. The average molecular weight is 225 g/mol. The van der Waals surface area contributed by atoms with Crippen molar-refractivity contribution in [3.63, 3.8) is 0 Å². The van der Waals surface area contributed by atoms with Crippen molar-refractivity contribution in [2.24, 2.45) is 4.40 Å². The molecule has 1 heterocycles. The maximum atomic E-state index is 11.5. The highest BCUT2D eigenvalue weighted by Gasteiger charge is 2.26. The number of hydrogen-bond acceptors (Lipinski definition) is 3. The lowest BCUT2D eigenvalue weighted by Crippen LogP contribution is -1.98. The van der Waals surface area contributed by atoms with Gasteiger partial charge in [0.25, 0.3) is 10.0 Å². The molecule has 0 amide bonds. The van der Waals surface area contributed by atoms with Crippen LogP contribution in [0, 0.1) is 0 Å². The normalized spacial score (nSPS) is 19.5. The van der Waals surface area contributed by atoms with Crippen LogP contribution in [0.15, 0.2) is 27.5 Å². The van der Waals surface area contributed by atoms with E-state index in [0.717, 1.165) is 0 Å². The fraction of sp³-hybridized carbons (Fsp3) is 0.300. The molecule has 0 fully saturated rings. The standard InChI is InChI=1S/C10H11NO3S/c1-6-9-5-8(7(2)12)3-4-10(9)15(13,14)11-6/h3-5,7,12H,1-2H3. The molecule has 0 bridgehead atoms.